The summed E-state index contributed by atoms with van der Waals surface area (Å²) in [4.78, 5) is 2.45. The van der Waals surface area contributed by atoms with Crippen LogP contribution < -0.4 is 10.4 Å². The predicted molar refractivity (Wildman–Crippen MR) is 224 cm³/mol. The van der Waals surface area contributed by atoms with E-state index < -0.39 is 0 Å². The van der Waals surface area contributed by atoms with Crippen LogP contribution in [-0.4, -0.2) is 12.4 Å². The number of anilines is 3. The van der Waals surface area contributed by atoms with E-state index in [9.17, 15) is 0 Å². The van der Waals surface area contributed by atoms with Gasteiger partial charge in [-0.05, 0) is 105 Å². The zero-order valence-corrected chi connectivity index (χ0v) is 29.8. The Bertz CT molecular complexity index is 2730. The van der Waals surface area contributed by atoms with E-state index in [0.717, 1.165) is 11.4 Å². The number of nitrogens with zero attached hydrogens (tertiary/aromatic N) is 2. The van der Waals surface area contributed by atoms with E-state index in [2.05, 4.69) is 207 Å². The largest absolute Gasteiger partial charge is 0.310 e. The number of aromatic nitrogens is 1. The van der Waals surface area contributed by atoms with Crippen molar-refractivity contribution in [3.8, 4) is 16.8 Å². The average Bonchev–Trinajstić information content (AvgIpc) is 3.64. The summed E-state index contributed by atoms with van der Waals surface area (Å²) < 4.78 is 2.39. The summed E-state index contributed by atoms with van der Waals surface area (Å²) in [6.45, 7) is 4.81. The van der Waals surface area contributed by atoms with E-state index in [1.165, 1.54) is 71.7 Å². The Balaban J connectivity index is 1.16. The quantitative estimate of drug-likeness (QED) is 0.166. The third-order valence-electron chi connectivity index (χ3n) is 11.8. The number of para-hydroxylation sites is 2. The van der Waals surface area contributed by atoms with Crippen LogP contribution in [0.4, 0.5) is 17.1 Å². The SMILES string of the molecule is Bc1ccc(-c2ccc(N(c3ccc4c(c3)C3C=CC=CC3C4(C)C)c3ccc4c(c3)c3ccccc3n4-c3ccccc3)cc2)c2ccccc12. The van der Waals surface area contributed by atoms with Gasteiger partial charge >= 0.3 is 0 Å². The molecule has 0 radical (unpaired) electrons. The molecule has 1 heterocycles. The minimum absolute atomic E-state index is 0.0707. The van der Waals surface area contributed by atoms with Gasteiger partial charge in [-0.1, -0.05) is 135 Å². The lowest BCUT2D eigenvalue weighted by atomic mass is 9.74. The molecule has 7 aromatic carbocycles. The standard InChI is InChI=1S/C49H39BN2/c1-49(2)44-18-10-8-15-39(44)42-30-35(24-27-45(42)49)51(34-22-20-32(21-23-34)37-26-28-46(50)40-16-7-6-14-38(37)40)36-25-29-48-43(31-36)41-17-9-11-19-47(41)52(48)33-12-4-3-5-13-33/h3-31,39,44H,50H2,1-2H3. The van der Waals surface area contributed by atoms with E-state index in [0.29, 0.717) is 11.8 Å². The van der Waals surface area contributed by atoms with Crippen molar-refractivity contribution < 1.29 is 0 Å². The van der Waals surface area contributed by atoms with E-state index in [4.69, 9.17) is 0 Å². The van der Waals surface area contributed by atoms with Crippen molar-refractivity contribution in [3.05, 3.63) is 187 Å². The van der Waals surface area contributed by atoms with Crippen LogP contribution in [0.15, 0.2) is 176 Å². The second-order valence-electron chi connectivity index (χ2n) is 15.1. The van der Waals surface area contributed by atoms with Gasteiger partial charge in [-0.15, -0.1) is 0 Å². The molecule has 52 heavy (non-hydrogen) atoms. The Kier molecular flexibility index (Phi) is 6.95. The first-order chi connectivity index (χ1) is 25.5. The number of hydrogen-bond donors (Lipinski definition) is 0. The number of allylic oxidation sites excluding steroid dienone is 4. The molecule has 2 atom stereocenters. The van der Waals surface area contributed by atoms with Crippen molar-refractivity contribution in [2.24, 2.45) is 5.92 Å². The first-order valence-electron chi connectivity index (χ1n) is 18.4. The van der Waals surface area contributed by atoms with Crippen LogP contribution in [0, 0.1) is 5.92 Å². The average molecular weight is 667 g/mol. The Morgan fingerprint density at radius 1 is 0.558 bits per heavy atom. The molecule has 0 fully saturated rings. The molecule has 2 unspecified atom stereocenters. The fourth-order valence-electron chi connectivity index (χ4n) is 9.22. The first kappa shape index (κ1) is 30.7. The lowest BCUT2D eigenvalue weighted by Crippen LogP contribution is -2.24. The van der Waals surface area contributed by atoms with Crippen LogP contribution >= 0.6 is 0 Å². The highest BCUT2D eigenvalue weighted by molar-refractivity contribution is 6.39. The normalized spacial score (nSPS) is 17.1. The number of benzene rings is 7. The second-order valence-corrected chi connectivity index (χ2v) is 15.1. The van der Waals surface area contributed by atoms with Crippen molar-refractivity contribution in [2.75, 3.05) is 4.90 Å². The van der Waals surface area contributed by atoms with E-state index >= 15 is 0 Å². The molecule has 0 aliphatic heterocycles. The van der Waals surface area contributed by atoms with Gasteiger partial charge in [0.25, 0.3) is 0 Å². The van der Waals surface area contributed by atoms with Crippen LogP contribution in [0.3, 0.4) is 0 Å². The highest BCUT2D eigenvalue weighted by Gasteiger charge is 2.44. The molecule has 0 saturated carbocycles. The summed E-state index contributed by atoms with van der Waals surface area (Å²) in [6.07, 6.45) is 9.26. The molecule has 2 nitrogen and oxygen atoms in total. The monoisotopic (exact) mass is 666 g/mol. The zero-order valence-electron chi connectivity index (χ0n) is 29.8. The molecule has 2 aliphatic rings. The maximum atomic E-state index is 2.46. The fraction of sp³-hybridized carbons (Fsp3) is 0.102. The summed E-state index contributed by atoms with van der Waals surface area (Å²) in [7, 11) is 2.19. The molecule has 0 amide bonds. The van der Waals surface area contributed by atoms with E-state index in [-0.39, 0.29) is 5.41 Å². The van der Waals surface area contributed by atoms with Crippen LogP contribution in [0.2, 0.25) is 0 Å². The van der Waals surface area contributed by atoms with Gasteiger partial charge in [0.05, 0.1) is 11.0 Å². The van der Waals surface area contributed by atoms with Gasteiger partial charge in [-0.3, -0.25) is 0 Å². The third-order valence-corrected chi connectivity index (χ3v) is 11.8. The maximum absolute atomic E-state index is 2.46. The molecule has 0 saturated heterocycles. The number of rotatable bonds is 5. The molecule has 10 rings (SSSR count). The lowest BCUT2D eigenvalue weighted by molar-refractivity contribution is 0.394. The molecule has 2 aliphatic carbocycles. The highest BCUT2D eigenvalue weighted by atomic mass is 15.1. The summed E-state index contributed by atoms with van der Waals surface area (Å²) in [5.74, 6) is 0.834. The molecular formula is C49H39BN2. The third kappa shape index (κ3) is 4.66. The fourth-order valence-corrected chi connectivity index (χ4v) is 9.22. The topological polar surface area (TPSA) is 8.17 Å². The Hall–Kier alpha value is -6.06. The van der Waals surface area contributed by atoms with Gasteiger partial charge in [0.2, 0.25) is 0 Å². The lowest BCUT2D eigenvalue weighted by Gasteiger charge is -2.29. The van der Waals surface area contributed by atoms with E-state index in [1.807, 2.05) is 0 Å². The molecule has 0 bridgehead atoms. The van der Waals surface area contributed by atoms with Gasteiger partial charge in [0, 0.05) is 39.4 Å². The van der Waals surface area contributed by atoms with Crippen LogP contribution in [0.25, 0.3) is 49.4 Å². The Morgan fingerprint density at radius 3 is 2.04 bits per heavy atom. The molecule has 0 N–H and O–H groups in total. The van der Waals surface area contributed by atoms with Crippen molar-refractivity contribution in [3.63, 3.8) is 0 Å². The zero-order chi connectivity index (χ0) is 35.0. The van der Waals surface area contributed by atoms with Gasteiger partial charge < -0.3 is 9.47 Å². The Morgan fingerprint density at radius 2 is 1.21 bits per heavy atom. The summed E-state index contributed by atoms with van der Waals surface area (Å²) in [5, 5.41) is 5.09. The molecular weight excluding hydrogens is 627 g/mol. The smallest absolute Gasteiger partial charge is 0.140 e. The molecule has 0 spiro atoms. The Labute approximate surface area is 306 Å². The minimum atomic E-state index is 0.0707. The summed E-state index contributed by atoms with van der Waals surface area (Å²) in [5.41, 5.74) is 13.8. The summed E-state index contributed by atoms with van der Waals surface area (Å²) >= 11 is 0. The van der Waals surface area contributed by atoms with Crippen molar-refractivity contribution in [1.29, 1.82) is 0 Å². The van der Waals surface area contributed by atoms with E-state index in [1.54, 1.807) is 0 Å². The maximum Gasteiger partial charge on any atom is 0.140 e. The van der Waals surface area contributed by atoms with Crippen LogP contribution in [-0.2, 0) is 5.41 Å². The number of hydrogen-bond acceptors (Lipinski definition) is 1. The molecule has 1 aromatic heterocycles. The van der Waals surface area contributed by atoms with Crippen LogP contribution in [0.1, 0.15) is 30.9 Å². The summed E-state index contributed by atoms with van der Waals surface area (Å²) in [6, 6.07) is 56.1. The van der Waals surface area contributed by atoms with Crippen molar-refractivity contribution in [1.82, 2.24) is 4.57 Å². The van der Waals surface area contributed by atoms with Crippen molar-refractivity contribution >= 4 is 62.9 Å². The van der Waals surface area contributed by atoms with Crippen LogP contribution in [0.5, 0.6) is 0 Å². The minimum Gasteiger partial charge on any atom is -0.310 e. The molecule has 248 valence electrons. The van der Waals surface area contributed by atoms with Gasteiger partial charge in [-0.25, -0.2) is 0 Å². The van der Waals surface area contributed by atoms with Crippen molar-refractivity contribution in [2.45, 2.75) is 25.2 Å². The predicted octanol–water partition coefficient (Wildman–Crippen LogP) is 11.4. The van der Waals surface area contributed by atoms with Gasteiger partial charge in [-0.2, -0.15) is 0 Å². The highest BCUT2D eigenvalue weighted by Crippen LogP contribution is 2.54. The molecule has 8 aromatic rings. The second kappa shape index (κ2) is 11.8. The van der Waals surface area contributed by atoms with Gasteiger partial charge in [0.1, 0.15) is 7.85 Å². The van der Waals surface area contributed by atoms with Gasteiger partial charge in [0.15, 0.2) is 0 Å². The first-order valence-corrected chi connectivity index (χ1v) is 18.4. The number of fused-ring (bicyclic) bond motifs is 7. The molecule has 3 heteroatoms.